The lowest BCUT2D eigenvalue weighted by Gasteiger charge is -2.05. The fraction of sp³-hybridized carbons (Fsp3) is 0.150. The lowest BCUT2D eigenvalue weighted by Crippen LogP contribution is -2.25. The number of ether oxygens (including phenoxy) is 2. The minimum Gasteiger partial charge on any atom is -0.456 e. The van der Waals surface area contributed by atoms with Crippen molar-refractivity contribution < 1.29 is 18.7 Å². The number of amides is 1. The van der Waals surface area contributed by atoms with Crippen molar-refractivity contribution in [2.75, 3.05) is 6.79 Å². The lowest BCUT2D eigenvalue weighted by atomic mass is 10.0. The van der Waals surface area contributed by atoms with Crippen molar-refractivity contribution in [2.24, 2.45) is 0 Å². The predicted molar refractivity (Wildman–Crippen MR) is 107 cm³/mol. The van der Waals surface area contributed by atoms with Gasteiger partial charge in [0.15, 0.2) is 11.5 Å². The molecule has 146 valence electrons. The largest absolute Gasteiger partial charge is 0.456 e. The van der Waals surface area contributed by atoms with Gasteiger partial charge >= 0.3 is 0 Å². The SMILES string of the molecule is O=C(Cc1c(-c2ccccc2)oc2cc3c(cc12)OCO3)NCc1nc(Br)n[nH]1. The van der Waals surface area contributed by atoms with E-state index in [1.807, 2.05) is 36.4 Å². The number of aromatic nitrogens is 3. The van der Waals surface area contributed by atoms with Crippen LogP contribution in [0, 0.1) is 0 Å². The summed E-state index contributed by atoms with van der Waals surface area (Å²) in [6.07, 6.45) is 0.145. The Morgan fingerprint density at radius 2 is 1.97 bits per heavy atom. The topological polar surface area (TPSA) is 102 Å². The number of halogens is 1. The average molecular weight is 455 g/mol. The second-order valence-electron chi connectivity index (χ2n) is 6.48. The summed E-state index contributed by atoms with van der Waals surface area (Å²) in [5.74, 6) is 2.34. The lowest BCUT2D eigenvalue weighted by molar-refractivity contribution is -0.120. The number of hydrogen-bond donors (Lipinski definition) is 2. The van der Waals surface area contributed by atoms with Crippen molar-refractivity contribution >= 4 is 32.8 Å². The second-order valence-corrected chi connectivity index (χ2v) is 7.19. The third-order valence-electron chi connectivity index (χ3n) is 4.62. The zero-order chi connectivity index (χ0) is 19.8. The highest BCUT2D eigenvalue weighted by Gasteiger charge is 2.23. The van der Waals surface area contributed by atoms with Gasteiger partial charge in [0.2, 0.25) is 17.4 Å². The molecule has 2 N–H and O–H groups in total. The van der Waals surface area contributed by atoms with E-state index in [2.05, 4.69) is 36.4 Å². The summed E-state index contributed by atoms with van der Waals surface area (Å²) < 4.78 is 17.5. The Hall–Kier alpha value is -3.33. The maximum atomic E-state index is 12.7. The molecule has 0 atom stereocenters. The molecular formula is C20H15BrN4O4. The van der Waals surface area contributed by atoms with Crippen molar-refractivity contribution in [3.05, 3.63) is 58.6 Å². The number of aromatic amines is 1. The predicted octanol–water partition coefficient (Wildman–Crippen LogP) is 3.57. The molecule has 0 radical (unpaired) electrons. The molecule has 0 saturated carbocycles. The van der Waals surface area contributed by atoms with Gasteiger partial charge in [-0.05, 0) is 22.0 Å². The molecule has 29 heavy (non-hydrogen) atoms. The van der Waals surface area contributed by atoms with Gasteiger partial charge < -0.3 is 19.2 Å². The number of fused-ring (bicyclic) bond motifs is 2. The number of H-pyrrole nitrogens is 1. The smallest absolute Gasteiger partial charge is 0.231 e. The molecule has 0 aliphatic carbocycles. The van der Waals surface area contributed by atoms with Crippen LogP contribution >= 0.6 is 15.9 Å². The molecule has 0 spiro atoms. The molecule has 2 aromatic heterocycles. The first-order valence-electron chi connectivity index (χ1n) is 8.91. The summed E-state index contributed by atoms with van der Waals surface area (Å²) in [5.41, 5.74) is 2.34. The molecule has 8 nitrogen and oxygen atoms in total. The van der Waals surface area contributed by atoms with Crippen LogP contribution in [-0.2, 0) is 17.8 Å². The molecule has 3 heterocycles. The number of furan rings is 1. The van der Waals surface area contributed by atoms with E-state index < -0.39 is 0 Å². The molecule has 0 fully saturated rings. The van der Waals surface area contributed by atoms with E-state index in [-0.39, 0.29) is 25.7 Å². The second kappa shape index (κ2) is 7.25. The molecule has 4 aromatic rings. The van der Waals surface area contributed by atoms with Crippen LogP contribution in [0.15, 0.2) is 51.6 Å². The van der Waals surface area contributed by atoms with Gasteiger partial charge in [0.25, 0.3) is 0 Å². The fourth-order valence-corrected chi connectivity index (χ4v) is 3.59. The van der Waals surface area contributed by atoms with Gasteiger partial charge in [-0.15, -0.1) is 5.10 Å². The number of benzene rings is 2. The van der Waals surface area contributed by atoms with Crippen LogP contribution in [0.3, 0.4) is 0 Å². The van der Waals surface area contributed by atoms with E-state index in [9.17, 15) is 4.79 Å². The Morgan fingerprint density at radius 1 is 1.17 bits per heavy atom. The van der Waals surface area contributed by atoms with Gasteiger partial charge in [-0.1, -0.05) is 30.3 Å². The zero-order valence-corrected chi connectivity index (χ0v) is 16.7. The molecule has 9 heteroatoms. The molecule has 1 aliphatic heterocycles. The van der Waals surface area contributed by atoms with Crippen molar-refractivity contribution in [3.63, 3.8) is 0 Å². The van der Waals surface area contributed by atoms with Gasteiger partial charge in [-0.3, -0.25) is 9.89 Å². The summed E-state index contributed by atoms with van der Waals surface area (Å²) in [4.78, 5) is 16.8. The quantitative estimate of drug-likeness (QED) is 0.477. The van der Waals surface area contributed by atoms with Crippen LogP contribution in [0.4, 0.5) is 0 Å². The highest BCUT2D eigenvalue weighted by atomic mass is 79.9. The molecular weight excluding hydrogens is 440 g/mol. The molecule has 5 rings (SSSR count). The number of carbonyl (C=O) groups is 1. The van der Waals surface area contributed by atoms with Crippen LogP contribution < -0.4 is 14.8 Å². The minimum absolute atomic E-state index is 0.145. The standard InChI is InChI=1S/C20H15BrN4O4/c21-20-23-17(24-25-20)9-22-18(26)7-13-12-6-15-16(28-10-27-15)8-14(12)29-19(13)11-4-2-1-3-5-11/h1-6,8H,7,9-10H2,(H,22,26)(H,23,24,25). The molecule has 1 amide bonds. The van der Waals surface area contributed by atoms with Gasteiger partial charge in [0.05, 0.1) is 13.0 Å². The van der Waals surface area contributed by atoms with Crippen LogP contribution in [0.2, 0.25) is 0 Å². The highest BCUT2D eigenvalue weighted by molar-refractivity contribution is 9.10. The van der Waals surface area contributed by atoms with Crippen LogP contribution in [0.5, 0.6) is 11.5 Å². The van der Waals surface area contributed by atoms with E-state index in [1.54, 1.807) is 6.07 Å². The third kappa shape index (κ3) is 3.44. The Kier molecular flexibility index (Phi) is 4.44. The summed E-state index contributed by atoms with van der Waals surface area (Å²) in [6.45, 7) is 0.427. The molecule has 1 aliphatic rings. The Balaban J connectivity index is 1.49. The highest BCUT2D eigenvalue weighted by Crippen LogP contribution is 2.41. The zero-order valence-electron chi connectivity index (χ0n) is 15.1. The van der Waals surface area contributed by atoms with Gasteiger partial charge in [0, 0.05) is 22.6 Å². The summed E-state index contributed by atoms with van der Waals surface area (Å²) >= 11 is 3.17. The number of rotatable bonds is 5. The average Bonchev–Trinajstić information content (AvgIpc) is 3.44. The summed E-state index contributed by atoms with van der Waals surface area (Å²) in [7, 11) is 0. The monoisotopic (exact) mass is 454 g/mol. The van der Waals surface area contributed by atoms with E-state index in [0.717, 1.165) is 16.5 Å². The normalized spacial score (nSPS) is 12.4. The first kappa shape index (κ1) is 17.7. The maximum Gasteiger partial charge on any atom is 0.231 e. The first-order chi connectivity index (χ1) is 14.2. The summed E-state index contributed by atoms with van der Waals surface area (Å²) in [6, 6.07) is 13.4. The first-order valence-corrected chi connectivity index (χ1v) is 9.70. The van der Waals surface area contributed by atoms with E-state index in [1.165, 1.54) is 0 Å². The van der Waals surface area contributed by atoms with Gasteiger partial charge in [-0.25, -0.2) is 4.98 Å². The van der Waals surface area contributed by atoms with Gasteiger partial charge in [0.1, 0.15) is 17.2 Å². The van der Waals surface area contributed by atoms with Crippen molar-refractivity contribution in [3.8, 4) is 22.8 Å². The van der Waals surface area contributed by atoms with E-state index in [4.69, 9.17) is 13.9 Å². The van der Waals surface area contributed by atoms with Gasteiger partial charge in [-0.2, -0.15) is 0 Å². The van der Waals surface area contributed by atoms with E-state index in [0.29, 0.717) is 33.4 Å². The molecule has 0 unspecified atom stereocenters. The van der Waals surface area contributed by atoms with Crippen LogP contribution in [0.25, 0.3) is 22.3 Å². The maximum absolute atomic E-state index is 12.7. The van der Waals surface area contributed by atoms with Crippen LogP contribution in [0.1, 0.15) is 11.4 Å². The van der Waals surface area contributed by atoms with Crippen LogP contribution in [-0.4, -0.2) is 27.9 Å². The van der Waals surface area contributed by atoms with Crippen molar-refractivity contribution in [1.82, 2.24) is 20.5 Å². The third-order valence-corrected chi connectivity index (χ3v) is 4.97. The molecule has 2 aromatic carbocycles. The Bertz CT molecular complexity index is 1200. The number of nitrogens with zero attached hydrogens (tertiary/aromatic N) is 2. The van der Waals surface area contributed by atoms with E-state index >= 15 is 0 Å². The minimum atomic E-state index is -0.157. The number of nitrogens with one attached hydrogen (secondary N) is 2. The Labute approximate surface area is 173 Å². The Morgan fingerprint density at radius 3 is 2.72 bits per heavy atom. The van der Waals surface area contributed by atoms with Crippen molar-refractivity contribution in [2.45, 2.75) is 13.0 Å². The molecule has 0 bridgehead atoms. The number of carbonyl (C=O) groups excluding carboxylic acids is 1. The summed E-state index contributed by atoms with van der Waals surface area (Å²) in [5, 5.41) is 10.3. The number of hydrogen-bond acceptors (Lipinski definition) is 6. The fourth-order valence-electron chi connectivity index (χ4n) is 3.29. The molecule has 0 saturated heterocycles. The van der Waals surface area contributed by atoms with Crippen molar-refractivity contribution in [1.29, 1.82) is 0 Å².